The Morgan fingerprint density at radius 2 is 1.80 bits per heavy atom. The van der Waals surface area contributed by atoms with Crippen molar-refractivity contribution in [2.24, 2.45) is 0 Å². The van der Waals surface area contributed by atoms with Gasteiger partial charge in [-0.3, -0.25) is 4.79 Å². The van der Waals surface area contributed by atoms with Crippen LogP contribution in [0.1, 0.15) is 37.3 Å². The summed E-state index contributed by atoms with van der Waals surface area (Å²) in [5.41, 5.74) is 2.00. The van der Waals surface area contributed by atoms with Crippen molar-refractivity contribution in [3.8, 4) is 17.2 Å². The minimum atomic E-state index is -0.813. The van der Waals surface area contributed by atoms with Gasteiger partial charge in [-0.25, -0.2) is 0 Å². The van der Waals surface area contributed by atoms with Crippen LogP contribution in [0.25, 0.3) is 0 Å². The van der Waals surface area contributed by atoms with Gasteiger partial charge in [0.05, 0.1) is 16.1 Å². The van der Waals surface area contributed by atoms with Crippen LogP contribution in [0.15, 0.2) is 39.3 Å². The molecule has 2 aromatic carbocycles. The lowest BCUT2D eigenvalue weighted by atomic mass is 10.0. The van der Waals surface area contributed by atoms with Gasteiger partial charge in [-0.05, 0) is 80.1 Å². The third kappa shape index (κ3) is 5.22. The molecule has 0 radical (unpaired) electrons. The van der Waals surface area contributed by atoms with Crippen LogP contribution in [0.3, 0.4) is 0 Å². The van der Waals surface area contributed by atoms with Gasteiger partial charge in [0.15, 0.2) is 5.75 Å². The third-order valence-corrected chi connectivity index (χ3v) is 4.91. The van der Waals surface area contributed by atoms with E-state index >= 15 is 0 Å². The SMILES string of the molecule is COc1ccc(Oc2c(Br)cc(CCC(=O)O)cc2Br)cc1C(C)C. The number of carboxylic acid groups (broad SMARTS) is 1. The van der Waals surface area contributed by atoms with E-state index < -0.39 is 5.97 Å². The second kappa shape index (κ2) is 8.72. The average molecular weight is 472 g/mol. The normalized spacial score (nSPS) is 10.8. The number of carboxylic acids is 1. The molecule has 0 fully saturated rings. The minimum absolute atomic E-state index is 0.0926. The van der Waals surface area contributed by atoms with Crippen molar-refractivity contribution >= 4 is 37.8 Å². The van der Waals surface area contributed by atoms with Gasteiger partial charge in [-0.15, -0.1) is 0 Å². The van der Waals surface area contributed by atoms with Crippen molar-refractivity contribution in [3.05, 3.63) is 50.4 Å². The van der Waals surface area contributed by atoms with E-state index in [9.17, 15) is 4.79 Å². The highest BCUT2D eigenvalue weighted by atomic mass is 79.9. The number of benzene rings is 2. The van der Waals surface area contributed by atoms with Gasteiger partial charge in [0.2, 0.25) is 0 Å². The van der Waals surface area contributed by atoms with Crippen LogP contribution in [-0.4, -0.2) is 18.2 Å². The maximum atomic E-state index is 10.7. The molecule has 6 heteroatoms. The number of hydrogen-bond donors (Lipinski definition) is 1. The molecule has 0 heterocycles. The van der Waals surface area contributed by atoms with Gasteiger partial charge < -0.3 is 14.6 Å². The van der Waals surface area contributed by atoms with Gasteiger partial charge >= 0.3 is 5.97 Å². The summed E-state index contributed by atoms with van der Waals surface area (Å²) in [5.74, 6) is 1.70. The lowest BCUT2D eigenvalue weighted by Gasteiger charge is -2.16. The number of ether oxygens (including phenoxy) is 2. The molecule has 4 nitrogen and oxygen atoms in total. The number of carbonyl (C=O) groups is 1. The molecule has 0 spiro atoms. The van der Waals surface area contributed by atoms with E-state index in [1.165, 1.54) is 0 Å². The van der Waals surface area contributed by atoms with Gasteiger partial charge in [-0.2, -0.15) is 0 Å². The lowest BCUT2D eigenvalue weighted by molar-refractivity contribution is -0.136. The Balaban J connectivity index is 2.28. The predicted octanol–water partition coefficient (Wildman–Crippen LogP) is 6.15. The fourth-order valence-corrected chi connectivity index (χ4v) is 3.89. The van der Waals surface area contributed by atoms with Crippen LogP contribution in [0.2, 0.25) is 0 Å². The lowest BCUT2D eigenvalue weighted by Crippen LogP contribution is -1.98. The van der Waals surface area contributed by atoms with E-state index in [0.29, 0.717) is 23.8 Å². The van der Waals surface area contributed by atoms with Crippen LogP contribution in [0, 0.1) is 0 Å². The standard InChI is InChI=1S/C19H20Br2O4/c1-11(2)14-10-13(5-6-17(14)24-3)25-19-15(20)8-12(9-16(19)21)4-7-18(22)23/h5-6,8-11H,4,7H2,1-3H3,(H,22,23). The molecule has 0 amide bonds. The molecule has 134 valence electrons. The number of hydrogen-bond acceptors (Lipinski definition) is 3. The average Bonchev–Trinajstić information content (AvgIpc) is 2.56. The van der Waals surface area contributed by atoms with Crippen molar-refractivity contribution in [1.29, 1.82) is 0 Å². The summed E-state index contributed by atoms with van der Waals surface area (Å²) in [6.45, 7) is 4.20. The molecule has 0 atom stereocenters. The zero-order valence-corrected chi connectivity index (χ0v) is 17.5. The van der Waals surface area contributed by atoms with E-state index in [2.05, 4.69) is 45.7 Å². The molecular weight excluding hydrogens is 452 g/mol. The molecule has 2 rings (SSSR count). The smallest absolute Gasteiger partial charge is 0.303 e. The second-order valence-corrected chi connectivity index (χ2v) is 7.65. The molecule has 0 aliphatic carbocycles. The number of rotatable bonds is 7. The molecule has 0 aliphatic rings. The Labute approximate surface area is 164 Å². The van der Waals surface area contributed by atoms with Crippen molar-refractivity contribution in [3.63, 3.8) is 0 Å². The minimum Gasteiger partial charge on any atom is -0.496 e. The van der Waals surface area contributed by atoms with E-state index in [0.717, 1.165) is 25.8 Å². The fourth-order valence-electron chi connectivity index (χ4n) is 2.45. The van der Waals surface area contributed by atoms with Crippen LogP contribution >= 0.6 is 31.9 Å². The molecule has 0 unspecified atom stereocenters. The summed E-state index contributed by atoms with van der Waals surface area (Å²) < 4.78 is 13.0. The Kier molecular flexibility index (Phi) is 6.90. The Morgan fingerprint density at radius 1 is 1.16 bits per heavy atom. The van der Waals surface area contributed by atoms with Gasteiger partial charge in [0.1, 0.15) is 11.5 Å². The van der Waals surface area contributed by atoms with Gasteiger partial charge in [0.25, 0.3) is 0 Å². The molecule has 1 N–H and O–H groups in total. The highest BCUT2D eigenvalue weighted by Gasteiger charge is 2.14. The van der Waals surface area contributed by atoms with Crippen molar-refractivity contribution in [1.82, 2.24) is 0 Å². The van der Waals surface area contributed by atoms with Crippen LogP contribution in [0.5, 0.6) is 17.2 Å². The van der Waals surface area contributed by atoms with E-state index in [-0.39, 0.29) is 6.42 Å². The summed E-state index contributed by atoms with van der Waals surface area (Å²) in [6.07, 6.45) is 0.558. The number of aryl methyl sites for hydroxylation is 1. The first-order valence-corrected chi connectivity index (χ1v) is 9.46. The molecule has 0 aliphatic heterocycles. The van der Waals surface area contributed by atoms with Gasteiger partial charge in [0, 0.05) is 12.0 Å². The monoisotopic (exact) mass is 470 g/mol. The van der Waals surface area contributed by atoms with E-state index in [1.54, 1.807) is 7.11 Å². The van der Waals surface area contributed by atoms with Crippen molar-refractivity contribution < 1.29 is 19.4 Å². The fraction of sp³-hybridized carbons (Fsp3) is 0.316. The maximum Gasteiger partial charge on any atom is 0.303 e. The predicted molar refractivity (Wildman–Crippen MR) is 105 cm³/mol. The zero-order chi connectivity index (χ0) is 18.6. The Hall–Kier alpha value is -1.53. The van der Waals surface area contributed by atoms with Crippen molar-refractivity contribution in [2.45, 2.75) is 32.6 Å². The molecular formula is C19H20Br2O4. The quantitative estimate of drug-likeness (QED) is 0.525. The summed E-state index contributed by atoms with van der Waals surface area (Å²) in [6, 6.07) is 9.50. The highest BCUT2D eigenvalue weighted by Crippen LogP contribution is 2.39. The first-order chi connectivity index (χ1) is 11.8. The summed E-state index contributed by atoms with van der Waals surface area (Å²) in [4.78, 5) is 10.7. The number of aliphatic carboxylic acids is 1. The van der Waals surface area contributed by atoms with E-state index in [4.69, 9.17) is 14.6 Å². The first-order valence-electron chi connectivity index (χ1n) is 7.87. The molecule has 2 aromatic rings. The second-order valence-electron chi connectivity index (χ2n) is 5.94. The molecule has 25 heavy (non-hydrogen) atoms. The number of methoxy groups -OCH3 is 1. The van der Waals surface area contributed by atoms with Crippen LogP contribution in [-0.2, 0) is 11.2 Å². The Bertz CT molecular complexity index is 749. The molecule has 0 saturated carbocycles. The Morgan fingerprint density at radius 3 is 2.32 bits per heavy atom. The number of halogens is 2. The van der Waals surface area contributed by atoms with Crippen LogP contribution in [0.4, 0.5) is 0 Å². The summed E-state index contributed by atoms with van der Waals surface area (Å²) in [7, 11) is 1.66. The summed E-state index contributed by atoms with van der Waals surface area (Å²) >= 11 is 7.02. The third-order valence-electron chi connectivity index (χ3n) is 3.73. The zero-order valence-electron chi connectivity index (χ0n) is 14.3. The first kappa shape index (κ1) is 19.8. The van der Waals surface area contributed by atoms with Crippen LogP contribution < -0.4 is 9.47 Å². The topological polar surface area (TPSA) is 55.8 Å². The maximum absolute atomic E-state index is 10.7. The largest absolute Gasteiger partial charge is 0.496 e. The molecule has 0 aromatic heterocycles. The summed E-state index contributed by atoms with van der Waals surface area (Å²) in [5, 5.41) is 8.82. The molecule has 0 bridgehead atoms. The molecule has 0 saturated heterocycles. The van der Waals surface area contributed by atoms with Gasteiger partial charge in [-0.1, -0.05) is 13.8 Å². The van der Waals surface area contributed by atoms with Crippen molar-refractivity contribution in [2.75, 3.05) is 7.11 Å². The highest BCUT2D eigenvalue weighted by molar-refractivity contribution is 9.11. The van der Waals surface area contributed by atoms with E-state index in [1.807, 2.05) is 30.3 Å².